The maximum absolute atomic E-state index is 13.2. The Bertz CT molecular complexity index is 1040. The van der Waals surface area contributed by atoms with Crippen LogP contribution in [0.2, 0.25) is 0 Å². The van der Waals surface area contributed by atoms with Gasteiger partial charge >= 0.3 is 0 Å². The molecule has 0 aromatic heterocycles. The monoisotopic (exact) mass is 487 g/mol. The van der Waals surface area contributed by atoms with Gasteiger partial charge in [0.25, 0.3) is 5.91 Å². The zero-order valence-corrected chi connectivity index (χ0v) is 22.6. The molecule has 7 heteroatoms. The summed E-state index contributed by atoms with van der Waals surface area (Å²) in [6.45, 7) is 16.9. The van der Waals surface area contributed by atoms with E-state index in [1.165, 1.54) is 6.20 Å². The summed E-state index contributed by atoms with van der Waals surface area (Å²) in [5.74, 6) is -0.286. The lowest BCUT2D eigenvalue weighted by molar-refractivity contribution is -0.117. The van der Waals surface area contributed by atoms with Crippen molar-refractivity contribution in [1.29, 1.82) is 0 Å². The first-order valence-electron chi connectivity index (χ1n) is 11.8. The van der Waals surface area contributed by atoms with Gasteiger partial charge in [-0.15, -0.1) is 0 Å². The van der Waals surface area contributed by atoms with Crippen LogP contribution < -0.4 is 10.0 Å². The fourth-order valence-corrected chi connectivity index (χ4v) is 5.13. The van der Waals surface area contributed by atoms with Crippen LogP contribution in [0.3, 0.4) is 0 Å². The molecule has 0 aromatic rings. The van der Waals surface area contributed by atoms with E-state index in [-0.39, 0.29) is 11.9 Å². The third kappa shape index (κ3) is 7.69. The lowest BCUT2D eigenvalue weighted by Crippen LogP contribution is -2.42. The maximum atomic E-state index is 13.2. The zero-order valence-electron chi connectivity index (χ0n) is 21.7. The van der Waals surface area contributed by atoms with Crippen molar-refractivity contribution < 1.29 is 13.2 Å². The third-order valence-electron chi connectivity index (χ3n) is 6.01. The minimum Gasteiger partial charge on any atom is -0.345 e. The summed E-state index contributed by atoms with van der Waals surface area (Å²) in [6.07, 6.45) is 15.0. The van der Waals surface area contributed by atoms with E-state index >= 15 is 0 Å². The molecule has 1 aliphatic carbocycles. The number of nitrogens with one attached hydrogen (secondary N) is 2. The van der Waals surface area contributed by atoms with E-state index in [1.54, 1.807) is 39.1 Å². The lowest BCUT2D eigenvalue weighted by atomic mass is 9.85. The Morgan fingerprint density at radius 1 is 1.32 bits per heavy atom. The van der Waals surface area contributed by atoms with Gasteiger partial charge in [0.2, 0.25) is 10.0 Å². The van der Waals surface area contributed by atoms with E-state index < -0.39 is 14.8 Å². The number of hydrogen-bond acceptors (Lipinski definition) is 4. The molecule has 1 amide bonds. The number of rotatable bonds is 11. The molecule has 0 saturated heterocycles. The van der Waals surface area contributed by atoms with Crippen LogP contribution in [0.15, 0.2) is 76.1 Å². The number of amides is 1. The van der Waals surface area contributed by atoms with E-state index in [4.69, 9.17) is 0 Å². The second kappa shape index (κ2) is 13.3. The second-order valence-corrected chi connectivity index (χ2v) is 10.9. The van der Waals surface area contributed by atoms with Gasteiger partial charge in [-0.05, 0) is 95.6 Å². The van der Waals surface area contributed by atoms with Crippen molar-refractivity contribution in [2.75, 3.05) is 0 Å². The third-order valence-corrected chi connectivity index (χ3v) is 8.01. The van der Waals surface area contributed by atoms with E-state index in [9.17, 15) is 13.2 Å². The first kappa shape index (κ1) is 29.4. The van der Waals surface area contributed by atoms with Gasteiger partial charge in [-0.25, -0.2) is 8.42 Å². The normalized spacial score (nSPS) is 21.8. The minimum absolute atomic E-state index is 0.286. The molecule has 6 nitrogen and oxygen atoms in total. The van der Waals surface area contributed by atoms with E-state index in [0.29, 0.717) is 12.1 Å². The smallest absolute Gasteiger partial charge is 0.270 e. The van der Waals surface area contributed by atoms with E-state index in [1.807, 2.05) is 45.9 Å². The molecule has 188 valence electrons. The molecule has 0 saturated carbocycles. The number of carbonyl (C=O) groups excluding carboxylic acids is 1. The van der Waals surface area contributed by atoms with Crippen LogP contribution in [0.4, 0.5) is 0 Å². The van der Waals surface area contributed by atoms with Gasteiger partial charge in [-0.3, -0.25) is 14.5 Å². The first-order valence-corrected chi connectivity index (χ1v) is 13.3. The lowest BCUT2D eigenvalue weighted by Gasteiger charge is -2.32. The van der Waals surface area contributed by atoms with Gasteiger partial charge in [-0.1, -0.05) is 37.8 Å². The summed E-state index contributed by atoms with van der Waals surface area (Å²) >= 11 is 0. The second-order valence-electron chi connectivity index (χ2n) is 8.74. The Morgan fingerprint density at radius 3 is 2.56 bits per heavy atom. The number of sulfonamides is 1. The molecule has 0 fully saturated rings. The Hall–Kier alpha value is -2.67. The molecule has 0 aromatic carbocycles. The topological polar surface area (TPSA) is 87.6 Å². The molecule has 2 N–H and O–H groups in total. The summed E-state index contributed by atoms with van der Waals surface area (Å²) in [4.78, 5) is 16.7. The van der Waals surface area contributed by atoms with E-state index in [2.05, 4.69) is 21.6 Å². The molecule has 0 radical (unpaired) electrons. The fourth-order valence-electron chi connectivity index (χ4n) is 3.89. The molecule has 0 aliphatic heterocycles. The molecule has 0 heterocycles. The molecule has 34 heavy (non-hydrogen) atoms. The van der Waals surface area contributed by atoms with Crippen LogP contribution in [0.25, 0.3) is 0 Å². The molecule has 0 bridgehead atoms. The number of allylic oxidation sites excluding steroid dienone is 7. The molecule has 1 aliphatic rings. The van der Waals surface area contributed by atoms with Gasteiger partial charge in [0.05, 0.1) is 0 Å². The van der Waals surface area contributed by atoms with Crippen molar-refractivity contribution in [3.8, 4) is 0 Å². The van der Waals surface area contributed by atoms with Gasteiger partial charge in [-0.2, -0.15) is 0 Å². The van der Waals surface area contributed by atoms with Crippen molar-refractivity contribution in [1.82, 2.24) is 10.0 Å². The van der Waals surface area contributed by atoms with Crippen molar-refractivity contribution >= 4 is 22.1 Å². The summed E-state index contributed by atoms with van der Waals surface area (Å²) in [5, 5.41) is 2.84. The van der Waals surface area contributed by atoms with Crippen LogP contribution in [0.1, 0.15) is 74.1 Å². The maximum Gasteiger partial charge on any atom is 0.270 e. The standard InChI is InChI=1S/C27H41N3O3S/c1-9-14-21(6)24(11-3)23-15-13-17-27(8,19-23)34(32,33)29-18-16-22(7)30-26(31)25(28-12-4)20(5)10-2/h9,11-12,14,16,18-19,22,29H,1,10,13,15,17H2,2-8H3,(H,30,31)/b18-16-,21-14?,24-11?,25-20?,28-12?. The SMILES string of the molecule is C=CC=C(C)C(=CC)C1=CC(C)(S(=O)(=O)N/C=C\C(C)NC(=O)C(N=CC)=C(C)CC)CCC1. The molecule has 0 spiro atoms. The quantitative estimate of drug-likeness (QED) is 0.224. The highest BCUT2D eigenvalue weighted by atomic mass is 32.2. The number of aliphatic imine (C=N–C) groups is 1. The molecule has 2 unspecified atom stereocenters. The van der Waals surface area contributed by atoms with Crippen molar-refractivity contribution in [2.24, 2.45) is 4.99 Å². The average Bonchev–Trinajstić information content (AvgIpc) is 2.77. The van der Waals surface area contributed by atoms with Crippen molar-refractivity contribution in [3.05, 3.63) is 71.1 Å². The van der Waals surface area contributed by atoms with Gasteiger partial charge in [0.15, 0.2) is 0 Å². The van der Waals surface area contributed by atoms with E-state index in [0.717, 1.165) is 41.6 Å². The Kier molecular flexibility index (Phi) is 11.5. The summed E-state index contributed by atoms with van der Waals surface area (Å²) < 4.78 is 28.0. The van der Waals surface area contributed by atoms with Crippen LogP contribution in [-0.2, 0) is 14.8 Å². The highest BCUT2D eigenvalue weighted by molar-refractivity contribution is 7.91. The summed E-state index contributed by atoms with van der Waals surface area (Å²) in [5.41, 5.74) is 4.41. The van der Waals surface area contributed by atoms with Crippen LogP contribution >= 0.6 is 0 Å². The highest BCUT2D eigenvalue weighted by Gasteiger charge is 2.39. The molecule has 2 atom stereocenters. The van der Waals surface area contributed by atoms with Crippen LogP contribution in [0.5, 0.6) is 0 Å². The van der Waals surface area contributed by atoms with Crippen LogP contribution in [0, 0.1) is 0 Å². The molecular formula is C27H41N3O3S. The Morgan fingerprint density at radius 2 is 2.00 bits per heavy atom. The summed E-state index contributed by atoms with van der Waals surface area (Å²) in [6, 6.07) is -0.381. The van der Waals surface area contributed by atoms with Gasteiger partial charge in [0, 0.05) is 18.5 Å². The highest BCUT2D eigenvalue weighted by Crippen LogP contribution is 2.37. The van der Waals surface area contributed by atoms with Crippen molar-refractivity contribution in [2.45, 2.75) is 84.9 Å². The largest absolute Gasteiger partial charge is 0.345 e. The number of hydrogen-bond donors (Lipinski definition) is 2. The fraction of sp³-hybridized carbons (Fsp3) is 0.481. The molecular weight excluding hydrogens is 446 g/mol. The zero-order chi connectivity index (χ0) is 25.9. The van der Waals surface area contributed by atoms with Crippen LogP contribution in [-0.4, -0.2) is 31.3 Å². The number of carbonyl (C=O) groups is 1. The number of nitrogens with zero attached hydrogens (tertiary/aromatic N) is 1. The Balaban J connectivity index is 3.02. The van der Waals surface area contributed by atoms with Crippen molar-refractivity contribution in [3.63, 3.8) is 0 Å². The predicted octanol–water partition coefficient (Wildman–Crippen LogP) is 5.65. The predicted molar refractivity (Wildman–Crippen MR) is 144 cm³/mol. The minimum atomic E-state index is -3.69. The molecule has 1 rings (SSSR count). The average molecular weight is 488 g/mol. The Labute approximate surface area is 206 Å². The van der Waals surface area contributed by atoms with Gasteiger partial charge < -0.3 is 5.32 Å². The van der Waals surface area contributed by atoms with Gasteiger partial charge in [0.1, 0.15) is 10.4 Å². The summed E-state index contributed by atoms with van der Waals surface area (Å²) in [7, 11) is -3.69. The first-order chi connectivity index (χ1) is 16.0.